The van der Waals surface area contributed by atoms with E-state index < -0.39 is 15.9 Å². The van der Waals surface area contributed by atoms with Gasteiger partial charge in [-0.25, -0.2) is 18.1 Å². The summed E-state index contributed by atoms with van der Waals surface area (Å²) in [5, 5.41) is 6.23. The van der Waals surface area contributed by atoms with E-state index in [1.807, 2.05) is 44.2 Å². The molecule has 0 spiro atoms. The third-order valence-electron chi connectivity index (χ3n) is 4.63. The van der Waals surface area contributed by atoms with Crippen LogP contribution in [0.2, 0.25) is 0 Å². The monoisotopic (exact) mass is 470 g/mol. The molecule has 1 amide bonds. The number of primary amides is 1. The Bertz CT molecular complexity index is 1250. The highest BCUT2D eigenvalue weighted by atomic mass is 32.2. The molecule has 0 saturated heterocycles. The second-order valence-electron chi connectivity index (χ2n) is 7.26. The summed E-state index contributed by atoms with van der Waals surface area (Å²) in [5.74, 6) is 0.405. The smallest absolute Gasteiger partial charge is 0.252 e. The average Bonchev–Trinajstić information content (AvgIpc) is 2.77. The molecule has 174 valence electrons. The quantitative estimate of drug-likeness (QED) is 0.330. The number of carbonyl (C=O) groups is 1. The number of hydrogen-bond acceptors (Lipinski definition) is 8. The standard InChI is InChI=1S/C22H26N6O4S/c1-14-4-6-16(7-5-14)27-20-12-15(2)26-22(28-20)24-10-11-25-33(30,31)17-8-9-19(32-3)18(13-17)21(23)29/h4-9,12-13,25H,10-11H2,1-3H3,(H2,23,29)(H2,24,26,27,28). The fourth-order valence-electron chi connectivity index (χ4n) is 2.99. The number of sulfonamides is 1. The molecule has 2 aromatic carbocycles. The Kier molecular flexibility index (Phi) is 7.46. The van der Waals surface area contributed by atoms with Crippen molar-refractivity contribution in [3.8, 4) is 5.75 Å². The maximum absolute atomic E-state index is 12.6. The molecular weight excluding hydrogens is 444 g/mol. The average molecular weight is 471 g/mol. The lowest BCUT2D eigenvalue weighted by Gasteiger charge is -2.12. The van der Waals surface area contributed by atoms with Gasteiger partial charge in [0.05, 0.1) is 17.6 Å². The van der Waals surface area contributed by atoms with Gasteiger partial charge in [-0.1, -0.05) is 17.7 Å². The van der Waals surface area contributed by atoms with Crippen LogP contribution in [0.25, 0.3) is 0 Å². The van der Waals surface area contributed by atoms with Crippen LogP contribution < -0.4 is 25.8 Å². The summed E-state index contributed by atoms with van der Waals surface area (Å²) in [5.41, 5.74) is 8.09. The first-order chi connectivity index (χ1) is 15.7. The van der Waals surface area contributed by atoms with Crippen molar-refractivity contribution in [2.45, 2.75) is 18.7 Å². The molecule has 10 nitrogen and oxygen atoms in total. The summed E-state index contributed by atoms with van der Waals surface area (Å²) in [6.07, 6.45) is 0. The Morgan fingerprint density at radius 3 is 2.42 bits per heavy atom. The molecule has 3 rings (SSSR count). The van der Waals surface area contributed by atoms with Crippen molar-refractivity contribution < 1.29 is 17.9 Å². The van der Waals surface area contributed by atoms with Gasteiger partial charge in [0, 0.05) is 30.5 Å². The summed E-state index contributed by atoms with van der Waals surface area (Å²) in [4.78, 5) is 20.2. The van der Waals surface area contributed by atoms with Crippen molar-refractivity contribution in [1.29, 1.82) is 0 Å². The summed E-state index contributed by atoms with van der Waals surface area (Å²) in [6, 6.07) is 13.6. The zero-order chi connectivity index (χ0) is 24.0. The summed E-state index contributed by atoms with van der Waals surface area (Å²) in [7, 11) is -2.49. The number of nitrogens with one attached hydrogen (secondary N) is 3. The van der Waals surface area contributed by atoms with Gasteiger partial charge in [-0.05, 0) is 44.2 Å². The molecule has 0 atom stereocenters. The van der Waals surface area contributed by atoms with E-state index in [1.54, 1.807) is 0 Å². The van der Waals surface area contributed by atoms with Crippen LogP contribution in [-0.2, 0) is 10.0 Å². The molecule has 11 heteroatoms. The Labute approximate surface area is 192 Å². The van der Waals surface area contributed by atoms with Crippen LogP contribution in [0.15, 0.2) is 53.4 Å². The van der Waals surface area contributed by atoms with Crippen molar-refractivity contribution in [2.24, 2.45) is 5.73 Å². The number of nitrogens with two attached hydrogens (primary N) is 1. The van der Waals surface area contributed by atoms with E-state index in [2.05, 4.69) is 25.3 Å². The highest BCUT2D eigenvalue weighted by molar-refractivity contribution is 7.89. The molecule has 0 saturated carbocycles. The van der Waals surface area contributed by atoms with E-state index in [-0.39, 0.29) is 29.3 Å². The van der Waals surface area contributed by atoms with Gasteiger partial charge in [-0.3, -0.25) is 4.79 Å². The number of aromatic nitrogens is 2. The normalized spacial score (nSPS) is 11.1. The van der Waals surface area contributed by atoms with Gasteiger partial charge < -0.3 is 21.1 Å². The summed E-state index contributed by atoms with van der Waals surface area (Å²) >= 11 is 0. The molecule has 0 bridgehead atoms. The Morgan fingerprint density at radius 2 is 1.76 bits per heavy atom. The second kappa shape index (κ2) is 10.3. The molecule has 3 aromatic rings. The van der Waals surface area contributed by atoms with Gasteiger partial charge in [0.15, 0.2) is 0 Å². The van der Waals surface area contributed by atoms with Crippen LogP contribution in [0, 0.1) is 13.8 Å². The SMILES string of the molecule is COc1ccc(S(=O)(=O)NCCNc2nc(C)cc(Nc3ccc(C)cc3)n2)cc1C(N)=O. The Morgan fingerprint density at radius 1 is 1.03 bits per heavy atom. The van der Waals surface area contributed by atoms with Crippen LogP contribution in [0.5, 0.6) is 5.75 Å². The number of rotatable bonds is 10. The zero-order valence-electron chi connectivity index (χ0n) is 18.5. The second-order valence-corrected chi connectivity index (χ2v) is 9.03. The largest absolute Gasteiger partial charge is 0.496 e. The number of carbonyl (C=O) groups excluding carboxylic acids is 1. The summed E-state index contributed by atoms with van der Waals surface area (Å²) in [6.45, 7) is 4.17. The lowest BCUT2D eigenvalue weighted by atomic mass is 10.2. The number of methoxy groups -OCH3 is 1. The van der Waals surface area contributed by atoms with E-state index in [9.17, 15) is 13.2 Å². The van der Waals surface area contributed by atoms with Gasteiger partial charge in [0.25, 0.3) is 5.91 Å². The number of nitrogens with zero attached hydrogens (tertiary/aromatic N) is 2. The zero-order valence-corrected chi connectivity index (χ0v) is 19.4. The number of anilines is 3. The first-order valence-electron chi connectivity index (χ1n) is 10.1. The van der Waals surface area contributed by atoms with Gasteiger partial charge in [-0.15, -0.1) is 0 Å². The molecule has 0 unspecified atom stereocenters. The van der Waals surface area contributed by atoms with Gasteiger partial charge in [0.1, 0.15) is 11.6 Å². The van der Waals surface area contributed by atoms with Crippen molar-refractivity contribution in [3.63, 3.8) is 0 Å². The van der Waals surface area contributed by atoms with Crippen molar-refractivity contribution >= 4 is 33.4 Å². The van der Waals surface area contributed by atoms with E-state index >= 15 is 0 Å². The van der Waals surface area contributed by atoms with Gasteiger partial charge in [0.2, 0.25) is 16.0 Å². The van der Waals surface area contributed by atoms with Crippen molar-refractivity contribution in [3.05, 3.63) is 65.4 Å². The number of hydrogen-bond donors (Lipinski definition) is 4. The molecular formula is C22H26N6O4S. The minimum Gasteiger partial charge on any atom is -0.496 e. The number of aryl methyl sites for hydroxylation is 2. The van der Waals surface area contributed by atoms with E-state index in [4.69, 9.17) is 10.5 Å². The minimum atomic E-state index is -3.86. The molecule has 0 aliphatic carbocycles. The first kappa shape index (κ1) is 24.0. The molecule has 1 heterocycles. The fourth-order valence-corrected chi connectivity index (χ4v) is 4.04. The van der Waals surface area contributed by atoms with E-state index in [1.165, 1.54) is 25.3 Å². The molecule has 0 radical (unpaired) electrons. The Hall–Kier alpha value is -3.70. The molecule has 0 fully saturated rings. The van der Waals surface area contributed by atoms with Crippen LogP contribution in [-0.4, -0.2) is 44.5 Å². The molecule has 1 aromatic heterocycles. The van der Waals surface area contributed by atoms with Crippen molar-refractivity contribution in [2.75, 3.05) is 30.8 Å². The van der Waals surface area contributed by atoms with Crippen LogP contribution in [0.1, 0.15) is 21.6 Å². The summed E-state index contributed by atoms with van der Waals surface area (Å²) < 4.78 is 32.7. The first-order valence-corrected chi connectivity index (χ1v) is 11.6. The minimum absolute atomic E-state index is 0.0136. The maximum Gasteiger partial charge on any atom is 0.252 e. The van der Waals surface area contributed by atoms with Crippen LogP contribution in [0.3, 0.4) is 0 Å². The highest BCUT2D eigenvalue weighted by Gasteiger charge is 2.18. The number of ether oxygens (including phenoxy) is 1. The molecule has 5 N–H and O–H groups in total. The van der Waals surface area contributed by atoms with E-state index in [0.29, 0.717) is 11.8 Å². The predicted molar refractivity (Wildman–Crippen MR) is 126 cm³/mol. The maximum atomic E-state index is 12.6. The lowest BCUT2D eigenvalue weighted by molar-refractivity contribution is 0.0997. The Balaban J connectivity index is 1.61. The number of amides is 1. The lowest BCUT2D eigenvalue weighted by Crippen LogP contribution is -2.29. The third kappa shape index (κ3) is 6.40. The van der Waals surface area contributed by atoms with E-state index in [0.717, 1.165) is 16.9 Å². The third-order valence-corrected chi connectivity index (χ3v) is 6.08. The topological polar surface area (TPSA) is 148 Å². The highest BCUT2D eigenvalue weighted by Crippen LogP contribution is 2.22. The van der Waals surface area contributed by atoms with Gasteiger partial charge >= 0.3 is 0 Å². The fraction of sp³-hybridized carbons (Fsp3) is 0.227. The molecule has 33 heavy (non-hydrogen) atoms. The molecule has 0 aliphatic heterocycles. The van der Waals surface area contributed by atoms with Crippen LogP contribution in [0.4, 0.5) is 17.5 Å². The number of benzene rings is 2. The predicted octanol–water partition coefficient (Wildman–Crippen LogP) is 2.33. The van der Waals surface area contributed by atoms with Crippen LogP contribution >= 0.6 is 0 Å². The molecule has 0 aliphatic rings. The van der Waals surface area contributed by atoms with Crippen molar-refractivity contribution in [1.82, 2.24) is 14.7 Å². The van der Waals surface area contributed by atoms with Gasteiger partial charge in [-0.2, -0.15) is 4.98 Å².